The van der Waals surface area contributed by atoms with Crippen LogP contribution in [0.5, 0.6) is 0 Å². The van der Waals surface area contributed by atoms with Crippen molar-refractivity contribution < 1.29 is 22.8 Å². The monoisotopic (exact) mass is 561 g/mol. The van der Waals surface area contributed by atoms with E-state index in [1.807, 2.05) is 23.2 Å². The topological polar surface area (TPSA) is 72.6 Å². The Morgan fingerprint density at radius 2 is 2.03 bits per heavy atom. The maximum atomic E-state index is 12.9. The van der Waals surface area contributed by atoms with Crippen molar-refractivity contribution in [3.8, 4) is 0 Å². The fraction of sp³-hybridized carbons (Fsp3) is 0.462. The quantitative estimate of drug-likeness (QED) is 0.415. The maximum Gasteiger partial charge on any atom is 0.435 e. The van der Waals surface area contributed by atoms with Crippen molar-refractivity contribution in [3.63, 3.8) is 0 Å². The summed E-state index contributed by atoms with van der Waals surface area (Å²) in [5.41, 5.74) is 1.84. The first-order valence-corrected chi connectivity index (χ1v) is 14.4. The second-order valence-corrected chi connectivity index (χ2v) is 12.0. The summed E-state index contributed by atoms with van der Waals surface area (Å²) >= 11 is 3.46. The SMILES string of the molecule is Cc1cc(C(F)(F)F)nn1CC(=O)N1CCC(c2nc(C3=NOC4(CCSc5ccccc54)C3)cs2)CC1. The zero-order valence-electron chi connectivity index (χ0n) is 20.7. The van der Waals surface area contributed by atoms with Crippen LogP contribution in [0.2, 0.25) is 0 Å². The van der Waals surface area contributed by atoms with Gasteiger partial charge in [0.1, 0.15) is 12.3 Å². The molecule has 1 atom stereocenters. The molecule has 3 aliphatic heterocycles. The van der Waals surface area contributed by atoms with Gasteiger partial charge in [-0.2, -0.15) is 18.3 Å². The highest BCUT2D eigenvalue weighted by atomic mass is 32.2. The van der Waals surface area contributed by atoms with Crippen molar-refractivity contribution in [1.29, 1.82) is 0 Å². The van der Waals surface area contributed by atoms with E-state index >= 15 is 0 Å². The van der Waals surface area contributed by atoms with Crippen molar-refractivity contribution in [2.75, 3.05) is 18.8 Å². The minimum absolute atomic E-state index is 0.197. The Morgan fingerprint density at radius 3 is 2.79 bits per heavy atom. The number of rotatable bonds is 4. The van der Waals surface area contributed by atoms with Gasteiger partial charge in [-0.3, -0.25) is 9.48 Å². The molecule has 5 heterocycles. The van der Waals surface area contributed by atoms with Gasteiger partial charge >= 0.3 is 6.18 Å². The number of piperidine rings is 1. The number of likely N-dealkylation sites (tertiary alicyclic amines) is 1. The number of oxime groups is 1. The number of benzene rings is 1. The van der Waals surface area contributed by atoms with E-state index < -0.39 is 17.5 Å². The van der Waals surface area contributed by atoms with E-state index in [-0.39, 0.29) is 18.4 Å². The van der Waals surface area contributed by atoms with Gasteiger partial charge in [0.05, 0.1) is 10.7 Å². The number of carbonyl (C=O) groups is 1. The molecule has 3 aliphatic rings. The van der Waals surface area contributed by atoms with E-state index in [2.05, 4.69) is 28.5 Å². The van der Waals surface area contributed by atoms with Crippen molar-refractivity contribution in [2.45, 2.75) is 61.7 Å². The van der Waals surface area contributed by atoms with E-state index in [0.717, 1.165) is 52.2 Å². The molecule has 0 bridgehead atoms. The lowest BCUT2D eigenvalue weighted by Crippen LogP contribution is -2.40. The molecule has 1 aromatic carbocycles. The molecule has 1 unspecified atom stereocenters. The third-order valence-electron chi connectivity index (χ3n) is 7.50. The van der Waals surface area contributed by atoms with Gasteiger partial charge < -0.3 is 9.74 Å². The predicted octanol–water partition coefficient (Wildman–Crippen LogP) is 5.59. The van der Waals surface area contributed by atoms with Gasteiger partial charge in [-0.1, -0.05) is 23.4 Å². The number of fused-ring (bicyclic) bond motifs is 2. The third-order valence-corrected chi connectivity index (χ3v) is 9.58. The molecule has 0 radical (unpaired) electrons. The van der Waals surface area contributed by atoms with Crippen LogP contribution in [-0.4, -0.2) is 50.1 Å². The highest BCUT2D eigenvalue weighted by Gasteiger charge is 2.45. The van der Waals surface area contributed by atoms with Gasteiger partial charge in [0.2, 0.25) is 5.91 Å². The fourth-order valence-electron chi connectivity index (χ4n) is 5.34. The van der Waals surface area contributed by atoms with E-state index in [4.69, 9.17) is 9.82 Å². The average molecular weight is 562 g/mol. The van der Waals surface area contributed by atoms with Crippen LogP contribution in [0, 0.1) is 6.92 Å². The molecule has 1 spiro atoms. The molecule has 38 heavy (non-hydrogen) atoms. The van der Waals surface area contributed by atoms with Crippen LogP contribution >= 0.6 is 23.1 Å². The van der Waals surface area contributed by atoms with Crippen molar-refractivity contribution in [3.05, 3.63) is 63.4 Å². The number of hydrogen-bond donors (Lipinski definition) is 0. The summed E-state index contributed by atoms with van der Waals surface area (Å²) in [6, 6.07) is 9.32. The Bertz CT molecular complexity index is 1390. The number of amides is 1. The molecule has 0 saturated carbocycles. The summed E-state index contributed by atoms with van der Waals surface area (Å²) in [4.78, 5) is 26.7. The van der Waals surface area contributed by atoms with Gasteiger partial charge in [0.25, 0.3) is 0 Å². The lowest BCUT2D eigenvalue weighted by molar-refractivity contribution is -0.142. The van der Waals surface area contributed by atoms with Crippen LogP contribution in [0.25, 0.3) is 0 Å². The van der Waals surface area contributed by atoms with Crippen LogP contribution in [0.3, 0.4) is 0 Å². The lowest BCUT2D eigenvalue weighted by Gasteiger charge is -2.32. The lowest BCUT2D eigenvalue weighted by atomic mass is 9.85. The molecule has 6 rings (SSSR count). The van der Waals surface area contributed by atoms with Crippen molar-refractivity contribution in [1.82, 2.24) is 19.7 Å². The Morgan fingerprint density at radius 1 is 1.24 bits per heavy atom. The van der Waals surface area contributed by atoms with Gasteiger partial charge in [-0.25, -0.2) is 4.98 Å². The van der Waals surface area contributed by atoms with E-state index in [9.17, 15) is 18.0 Å². The Kier molecular flexibility index (Phi) is 6.50. The van der Waals surface area contributed by atoms with Crippen molar-refractivity contribution >= 4 is 34.7 Å². The smallest absolute Gasteiger partial charge is 0.384 e. The normalized spacial score (nSPS) is 21.9. The largest absolute Gasteiger partial charge is 0.435 e. The number of hydrogen-bond acceptors (Lipinski definition) is 7. The molecule has 0 aliphatic carbocycles. The van der Waals surface area contributed by atoms with Gasteiger partial charge in [-0.05, 0) is 31.9 Å². The number of halogens is 3. The molecule has 7 nitrogen and oxygen atoms in total. The molecule has 2 aromatic heterocycles. The number of carbonyl (C=O) groups excluding carboxylic acids is 1. The predicted molar refractivity (Wildman–Crippen MR) is 138 cm³/mol. The summed E-state index contributed by atoms with van der Waals surface area (Å²) in [7, 11) is 0. The van der Waals surface area contributed by atoms with Crippen LogP contribution in [0.1, 0.15) is 59.3 Å². The summed E-state index contributed by atoms with van der Waals surface area (Å²) < 4.78 is 39.9. The standard InChI is InChI=1S/C26H26F3N5O2S2/c1-16-12-22(26(27,28)29)31-34(16)14-23(35)33-9-6-17(7-10-33)24-30-20(15-38-24)19-13-25(36-32-19)8-11-37-21-5-3-2-4-18(21)25/h2-5,12,15,17H,6-11,13-14H2,1H3. The highest BCUT2D eigenvalue weighted by Crippen LogP contribution is 2.48. The molecule has 0 N–H and O–H groups in total. The zero-order valence-corrected chi connectivity index (χ0v) is 22.3. The Balaban J connectivity index is 1.06. The molecule has 12 heteroatoms. The first-order chi connectivity index (χ1) is 18.2. The third kappa shape index (κ3) is 4.72. The van der Waals surface area contributed by atoms with Gasteiger partial charge in [0.15, 0.2) is 11.3 Å². The van der Waals surface area contributed by atoms with Gasteiger partial charge in [0, 0.05) is 59.1 Å². The first-order valence-electron chi connectivity index (χ1n) is 12.5. The Labute approximate surface area is 226 Å². The summed E-state index contributed by atoms with van der Waals surface area (Å²) in [6.07, 6.45) is -1.42. The molecular weight excluding hydrogens is 535 g/mol. The van der Waals surface area contributed by atoms with Crippen molar-refractivity contribution in [2.24, 2.45) is 5.16 Å². The Hall–Kier alpha value is -2.86. The molecule has 3 aromatic rings. The van der Waals surface area contributed by atoms with Crippen LogP contribution in [0.4, 0.5) is 13.2 Å². The number of thioether (sulfide) groups is 1. The number of thiazole rings is 1. The molecular formula is C26H26F3N5O2S2. The van der Waals surface area contributed by atoms with Crippen LogP contribution in [-0.2, 0) is 28.0 Å². The molecule has 1 saturated heterocycles. The van der Waals surface area contributed by atoms with Crippen LogP contribution < -0.4 is 0 Å². The van der Waals surface area contributed by atoms with E-state index in [1.54, 1.807) is 16.2 Å². The minimum atomic E-state index is -4.53. The number of alkyl halides is 3. The minimum Gasteiger partial charge on any atom is -0.384 e. The number of nitrogens with zero attached hydrogens (tertiary/aromatic N) is 5. The second-order valence-electron chi connectivity index (χ2n) is 9.95. The maximum absolute atomic E-state index is 12.9. The number of aromatic nitrogens is 3. The number of aryl methyl sites for hydroxylation is 1. The fourth-order valence-corrected chi connectivity index (χ4v) is 7.58. The summed E-state index contributed by atoms with van der Waals surface area (Å²) in [5.74, 6) is 0.990. The summed E-state index contributed by atoms with van der Waals surface area (Å²) in [5, 5.41) is 11.1. The second kappa shape index (κ2) is 9.71. The summed E-state index contributed by atoms with van der Waals surface area (Å²) in [6.45, 7) is 2.39. The first kappa shape index (κ1) is 25.4. The highest BCUT2D eigenvalue weighted by molar-refractivity contribution is 7.99. The zero-order chi connectivity index (χ0) is 26.5. The van der Waals surface area contributed by atoms with E-state index in [1.165, 1.54) is 17.4 Å². The molecule has 1 fully saturated rings. The van der Waals surface area contributed by atoms with Crippen LogP contribution in [0.15, 0.2) is 45.8 Å². The van der Waals surface area contributed by atoms with Gasteiger partial charge in [-0.15, -0.1) is 23.1 Å². The average Bonchev–Trinajstić information content (AvgIpc) is 3.64. The molecule has 1 amide bonds. The van der Waals surface area contributed by atoms with E-state index in [0.29, 0.717) is 25.2 Å². The molecule has 200 valence electrons.